The molecule has 0 unspecified atom stereocenters. The van der Waals surface area contributed by atoms with Crippen molar-refractivity contribution in [3.8, 4) is 0 Å². The fourth-order valence-corrected chi connectivity index (χ4v) is 3.34. The standard InChI is InChI=1S/C20H31N7O/c1-13(2)27-11-17(22-12-27)9-21-16-7-8-26(10-16)19-14(3)15(4)23-18(24-19)20(28)25(5)6/h11-13,16,21H,7-10H2,1-6H3/t16-/m1/s1. The number of carbonyl (C=O) groups is 1. The van der Waals surface area contributed by atoms with Crippen LogP contribution in [0.25, 0.3) is 0 Å². The number of hydrogen-bond acceptors (Lipinski definition) is 6. The lowest BCUT2D eigenvalue weighted by atomic mass is 10.2. The smallest absolute Gasteiger partial charge is 0.291 e. The fourth-order valence-electron chi connectivity index (χ4n) is 3.34. The molecule has 0 aromatic carbocycles. The predicted molar refractivity (Wildman–Crippen MR) is 110 cm³/mol. The molecule has 1 aliphatic heterocycles. The number of aromatic nitrogens is 4. The first-order chi connectivity index (χ1) is 13.3. The molecule has 1 N–H and O–H groups in total. The summed E-state index contributed by atoms with van der Waals surface area (Å²) < 4.78 is 2.12. The van der Waals surface area contributed by atoms with Crippen molar-refractivity contribution in [1.29, 1.82) is 0 Å². The molecule has 0 aliphatic carbocycles. The van der Waals surface area contributed by atoms with E-state index in [-0.39, 0.29) is 11.7 Å². The number of nitrogens with zero attached hydrogens (tertiary/aromatic N) is 6. The maximum absolute atomic E-state index is 12.3. The predicted octanol–water partition coefficient (Wildman–Crippen LogP) is 1.94. The average molecular weight is 386 g/mol. The van der Waals surface area contributed by atoms with Crippen molar-refractivity contribution < 1.29 is 4.79 Å². The van der Waals surface area contributed by atoms with Crippen LogP contribution in [0.5, 0.6) is 0 Å². The Balaban J connectivity index is 1.66. The monoisotopic (exact) mass is 385 g/mol. The Bertz CT molecular complexity index is 843. The molecular weight excluding hydrogens is 354 g/mol. The number of aryl methyl sites for hydroxylation is 1. The normalized spacial score (nSPS) is 16.8. The highest BCUT2D eigenvalue weighted by molar-refractivity contribution is 5.90. The van der Waals surface area contributed by atoms with E-state index in [1.54, 1.807) is 14.1 Å². The molecule has 8 heteroatoms. The Labute approximate surface area is 167 Å². The van der Waals surface area contributed by atoms with Gasteiger partial charge in [-0.3, -0.25) is 4.79 Å². The van der Waals surface area contributed by atoms with Gasteiger partial charge < -0.3 is 19.7 Å². The molecule has 0 saturated carbocycles. The van der Waals surface area contributed by atoms with Crippen molar-refractivity contribution >= 4 is 11.7 Å². The van der Waals surface area contributed by atoms with Gasteiger partial charge in [0.15, 0.2) is 0 Å². The third-order valence-corrected chi connectivity index (χ3v) is 5.27. The molecule has 3 rings (SSSR count). The molecular formula is C20H31N7O. The lowest BCUT2D eigenvalue weighted by Gasteiger charge is -2.22. The van der Waals surface area contributed by atoms with E-state index >= 15 is 0 Å². The Morgan fingerprint density at radius 2 is 2.07 bits per heavy atom. The van der Waals surface area contributed by atoms with Gasteiger partial charge >= 0.3 is 0 Å². The van der Waals surface area contributed by atoms with Crippen LogP contribution in [0, 0.1) is 13.8 Å². The van der Waals surface area contributed by atoms with E-state index in [1.807, 2.05) is 20.2 Å². The number of imidazole rings is 1. The molecule has 2 aromatic rings. The average Bonchev–Trinajstić information content (AvgIpc) is 3.30. The Hall–Kier alpha value is -2.48. The summed E-state index contributed by atoms with van der Waals surface area (Å²) >= 11 is 0. The highest BCUT2D eigenvalue weighted by Crippen LogP contribution is 2.24. The van der Waals surface area contributed by atoms with E-state index < -0.39 is 0 Å². The molecule has 1 atom stereocenters. The molecule has 1 aliphatic rings. The van der Waals surface area contributed by atoms with Gasteiger partial charge in [0.1, 0.15) is 5.82 Å². The lowest BCUT2D eigenvalue weighted by molar-refractivity contribution is 0.0815. The second kappa shape index (κ2) is 8.26. The van der Waals surface area contributed by atoms with Crippen LogP contribution in [0.15, 0.2) is 12.5 Å². The second-order valence-electron chi connectivity index (χ2n) is 8.00. The van der Waals surface area contributed by atoms with Crippen LogP contribution in [-0.2, 0) is 6.54 Å². The van der Waals surface area contributed by atoms with Gasteiger partial charge in [-0.25, -0.2) is 15.0 Å². The van der Waals surface area contributed by atoms with Gasteiger partial charge in [0.2, 0.25) is 5.82 Å². The minimum atomic E-state index is -0.168. The van der Waals surface area contributed by atoms with E-state index in [0.29, 0.717) is 12.1 Å². The summed E-state index contributed by atoms with van der Waals surface area (Å²) in [5.41, 5.74) is 2.94. The number of nitrogens with one attached hydrogen (secondary N) is 1. The van der Waals surface area contributed by atoms with Gasteiger partial charge in [-0.15, -0.1) is 0 Å². The molecule has 8 nitrogen and oxygen atoms in total. The van der Waals surface area contributed by atoms with E-state index in [4.69, 9.17) is 0 Å². The van der Waals surface area contributed by atoms with Gasteiger partial charge in [0.05, 0.1) is 12.0 Å². The largest absolute Gasteiger partial charge is 0.355 e. The summed E-state index contributed by atoms with van der Waals surface area (Å²) in [6.07, 6.45) is 5.02. The molecule has 1 fully saturated rings. The molecule has 0 spiro atoms. The first kappa shape index (κ1) is 20.3. The van der Waals surface area contributed by atoms with E-state index in [0.717, 1.165) is 48.8 Å². The minimum Gasteiger partial charge on any atom is -0.355 e. The van der Waals surface area contributed by atoms with Crippen LogP contribution in [0.1, 0.15) is 53.9 Å². The molecule has 152 valence electrons. The van der Waals surface area contributed by atoms with Crippen molar-refractivity contribution in [3.05, 3.63) is 35.3 Å². The highest BCUT2D eigenvalue weighted by atomic mass is 16.2. The van der Waals surface area contributed by atoms with Gasteiger partial charge in [0, 0.05) is 63.3 Å². The van der Waals surface area contributed by atoms with Crippen LogP contribution in [0.4, 0.5) is 5.82 Å². The lowest BCUT2D eigenvalue weighted by Crippen LogP contribution is -2.33. The van der Waals surface area contributed by atoms with Crippen molar-refractivity contribution in [2.75, 3.05) is 32.1 Å². The van der Waals surface area contributed by atoms with Crippen LogP contribution in [-0.4, -0.2) is 63.6 Å². The van der Waals surface area contributed by atoms with E-state index in [9.17, 15) is 4.79 Å². The van der Waals surface area contributed by atoms with Crippen LogP contribution < -0.4 is 10.2 Å². The third-order valence-electron chi connectivity index (χ3n) is 5.27. The molecule has 0 bridgehead atoms. The third kappa shape index (κ3) is 4.32. The van der Waals surface area contributed by atoms with Crippen LogP contribution in [0.2, 0.25) is 0 Å². The van der Waals surface area contributed by atoms with Crippen molar-refractivity contribution in [1.82, 2.24) is 29.7 Å². The summed E-state index contributed by atoms with van der Waals surface area (Å²) in [4.78, 5) is 29.5. The number of hydrogen-bond donors (Lipinski definition) is 1. The number of rotatable bonds is 6. The maximum atomic E-state index is 12.3. The topological polar surface area (TPSA) is 79.2 Å². The summed E-state index contributed by atoms with van der Waals surface area (Å²) in [6, 6.07) is 0.790. The van der Waals surface area contributed by atoms with Gasteiger partial charge in [-0.1, -0.05) is 0 Å². The van der Waals surface area contributed by atoms with Crippen molar-refractivity contribution in [2.45, 2.75) is 52.7 Å². The SMILES string of the molecule is Cc1nc(C(=O)N(C)C)nc(N2CC[C@@H](NCc3cn(C(C)C)cn3)C2)c1C. The fraction of sp³-hybridized carbons (Fsp3) is 0.600. The maximum Gasteiger partial charge on any atom is 0.291 e. The number of anilines is 1. The molecule has 1 amide bonds. The van der Waals surface area contributed by atoms with Gasteiger partial charge in [0.25, 0.3) is 5.91 Å². The zero-order valence-electron chi connectivity index (χ0n) is 17.7. The Morgan fingerprint density at radius 3 is 2.71 bits per heavy atom. The number of carbonyl (C=O) groups excluding carboxylic acids is 1. The van der Waals surface area contributed by atoms with Crippen LogP contribution >= 0.6 is 0 Å². The molecule has 0 radical (unpaired) electrons. The first-order valence-electron chi connectivity index (χ1n) is 9.83. The molecule has 1 saturated heterocycles. The van der Waals surface area contributed by atoms with E-state index in [1.165, 1.54) is 4.90 Å². The minimum absolute atomic E-state index is 0.168. The summed E-state index contributed by atoms with van der Waals surface area (Å²) in [6.45, 7) is 10.8. The second-order valence-corrected chi connectivity index (χ2v) is 8.00. The van der Waals surface area contributed by atoms with Gasteiger partial charge in [-0.05, 0) is 34.1 Å². The molecule has 2 aromatic heterocycles. The highest BCUT2D eigenvalue weighted by Gasteiger charge is 2.26. The van der Waals surface area contributed by atoms with Crippen LogP contribution in [0.3, 0.4) is 0 Å². The van der Waals surface area contributed by atoms with Crippen molar-refractivity contribution in [3.63, 3.8) is 0 Å². The summed E-state index contributed by atoms with van der Waals surface area (Å²) in [5.74, 6) is 0.962. The zero-order chi connectivity index (χ0) is 20.4. The van der Waals surface area contributed by atoms with Gasteiger partial charge in [-0.2, -0.15) is 0 Å². The van der Waals surface area contributed by atoms with E-state index in [2.05, 4.69) is 49.8 Å². The Morgan fingerprint density at radius 1 is 1.32 bits per heavy atom. The molecule has 3 heterocycles. The zero-order valence-corrected chi connectivity index (χ0v) is 17.7. The molecule has 28 heavy (non-hydrogen) atoms. The summed E-state index contributed by atoms with van der Waals surface area (Å²) in [7, 11) is 3.44. The Kier molecular flexibility index (Phi) is 5.98. The van der Waals surface area contributed by atoms with Crippen molar-refractivity contribution in [2.24, 2.45) is 0 Å². The summed E-state index contributed by atoms with van der Waals surface area (Å²) in [5, 5.41) is 3.60. The number of amides is 1. The quantitative estimate of drug-likeness (QED) is 0.819. The first-order valence-corrected chi connectivity index (χ1v) is 9.83.